The van der Waals surface area contributed by atoms with Gasteiger partial charge in [0, 0.05) is 24.8 Å². The number of rotatable bonds is 4. The Morgan fingerprint density at radius 3 is 2.90 bits per heavy atom. The van der Waals surface area contributed by atoms with Crippen molar-refractivity contribution in [1.29, 1.82) is 0 Å². The molecule has 1 heterocycles. The molecule has 1 aromatic rings. The number of nitro groups is 1. The summed E-state index contributed by atoms with van der Waals surface area (Å²) < 4.78 is 5.30. The molecule has 1 atom stereocenters. The predicted molar refractivity (Wildman–Crippen MR) is 69.1 cm³/mol. The van der Waals surface area contributed by atoms with Crippen molar-refractivity contribution in [2.75, 3.05) is 31.2 Å². The third-order valence-corrected chi connectivity index (χ3v) is 3.11. The van der Waals surface area contributed by atoms with Crippen molar-refractivity contribution in [3.63, 3.8) is 0 Å². The Morgan fingerprint density at radius 2 is 2.30 bits per heavy atom. The van der Waals surface area contributed by atoms with Crippen LogP contribution in [0.2, 0.25) is 0 Å². The largest absolute Gasteiger partial charge is 0.477 e. The van der Waals surface area contributed by atoms with Crippen LogP contribution >= 0.6 is 0 Å². The maximum atomic E-state index is 11.1. The molecule has 1 aliphatic rings. The number of anilines is 1. The van der Waals surface area contributed by atoms with Crippen molar-refractivity contribution in [1.82, 2.24) is 0 Å². The summed E-state index contributed by atoms with van der Waals surface area (Å²) in [6, 6.07) is 3.97. The molecule has 1 saturated heterocycles. The lowest BCUT2D eigenvalue weighted by molar-refractivity contribution is -0.385. The minimum Gasteiger partial charge on any atom is -0.477 e. The van der Waals surface area contributed by atoms with E-state index >= 15 is 0 Å². The maximum Gasteiger partial charge on any atom is 0.342 e. The first-order chi connectivity index (χ1) is 9.52. The van der Waals surface area contributed by atoms with Crippen LogP contribution < -0.4 is 4.90 Å². The summed E-state index contributed by atoms with van der Waals surface area (Å²) in [6.07, 6.45) is -0.341. The van der Waals surface area contributed by atoms with Crippen molar-refractivity contribution in [3.05, 3.63) is 33.9 Å². The van der Waals surface area contributed by atoms with Gasteiger partial charge < -0.3 is 19.8 Å². The average Bonchev–Trinajstić information content (AvgIpc) is 2.46. The summed E-state index contributed by atoms with van der Waals surface area (Å²) in [7, 11) is 0. The minimum atomic E-state index is -1.34. The van der Waals surface area contributed by atoms with Gasteiger partial charge in [0.25, 0.3) is 5.69 Å². The molecule has 8 heteroatoms. The number of carbonyl (C=O) groups is 1. The predicted octanol–water partition coefficient (Wildman–Crippen LogP) is 0.490. The summed E-state index contributed by atoms with van der Waals surface area (Å²) in [4.78, 5) is 23.0. The average molecular weight is 282 g/mol. The Hall–Kier alpha value is -2.19. The van der Waals surface area contributed by atoms with Crippen molar-refractivity contribution in [3.8, 4) is 0 Å². The molecule has 0 aromatic heterocycles. The first-order valence-electron chi connectivity index (χ1n) is 6.02. The lowest BCUT2D eigenvalue weighted by Crippen LogP contribution is -2.44. The van der Waals surface area contributed by atoms with E-state index < -0.39 is 16.6 Å². The SMILES string of the molecule is O=C(O)c1cc(N2CCOC(CO)C2)ccc1[N+](=O)[O-]. The molecule has 1 unspecified atom stereocenters. The Bertz CT molecular complexity index is 533. The Morgan fingerprint density at radius 1 is 1.55 bits per heavy atom. The Kier molecular flexibility index (Phi) is 4.16. The van der Waals surface area contributed by atoms with Crippen LogP contribution in [0.5, 0.6) is 0 Å². The molecule has 1 fully saturated rings. The smallest absolute Gasteiger partial charge is 0.342 e. The van der Waals surface area contributed by atoms with E-state index in [1.54, 1.807) is 0 Å². The summed E-state index contributed by atoms with van der Waals surface area (Å²) in [6.45, 7) is 1.22. The summed E-state index contributed by atoms with van der Waals surface area (Å²) in [5.74, 6) is -1.34. The number of nitrogens with zero attached hydrogens (tertiary/aromatic N) is 2. The van der Waals surface area contributed by atoms with E-state index in [1.165, 1.54) is 18.2 Å². The number of hydrogen-bond acceptors (Lipinski definition) is 6. The molecule has 20 heavy (non-hydrogen) atoms. The molecule has 108 valence electrons. The molecule has 0 spiro atoms. The van der Waals surface area contributed by atoms with Gasteiger partial charge in [0.05, 0.1) is 24.2 Å². The van der Waals surface area contributed by atoms with Crippen LogP contribution in [-0.2, 0) is 4.74 Å². The Balaban J connectivity index is 2.31. The van der Waals surface area contributed by atoms with E-state index in [1.807, 2.05) is 4.90 Å². The van der Waals surface area contributed by atoms with E-state index in [0.717, 1.165) is 0 Å². The van der Waals surface area contributed by atoms with Gasteiger partial charge in [0.1, 0.15) is 5.56 Å². The third kappa shape index (κ3) is 2.86. The molecule has 0 radical (unpaired) electrons. The van der Waals surface area contributed by atoms with Crippen LogP contribution in [0.3, 0.4) is 0 Å². The number of hydrogen-bond donors (Lipinski definition) is 2. The van der Waals surface area contributed by atoms with Gasteiger partial charge in [-0.3, -0.25) is 10.1 Å². The third-order valence-electron chi connectivity index (χ3n) is 3.11. The van der Waals surface area contributed by atoms with Crippen LogP contribution in [0.1, 0.15) is 10.4 Å². The van der Waals surface area contributed by atoms with Gasteiger partial charge in [-0.15, -0.1) is 0 Å². The van der Waals surface area contributed by atoms with E-state index in [2.05, 4.69) is 0 Å². The van der Waals surface area contributed by atoms with Gasteiger partial charge in [-0.2, -0.15) is 0 Å². The van der Waals surface area contributed by atoms with Crippen LogP contribution in [0.25, 0.3) is 0 Å². The van der Waals surface area contributed by atoms with Crippen molar-refractivity contribution in [2.45, 2.75) is 6.10 Å². The van der Waals surface area contributed by atoms with Crippen LogP contribution in [0.4, 0.5) is 11.4 Å². The topological polar surface area (TPSA) is 113 Å². The van der Waals surface area contributed by atoms with E-state index in [-0.39, 0.29) is 18.3 Å². The minimum absolute atomic E-state index is 0.130. The van der Waals surface area contributed by atoms with Crippen molar-refractivity contribution >= 4 is 17.3 Å². The first-order valence-corrected chi connectivity index (χ1v) is 6.02. The highest BCUT2D eigenvalue weighted by atomic mass is 16.6. The van der Waals surface area contributed by atoms with Crippen molar-refractivity contribution in [2.24, 2.45) is 0 Å². The normalized spacial score (nSPS) is 18.9. The van der Waals surface area contributed by atoms with Gasteiger partial charge in [-0.25, -0.2) is 4.79 Å². The maximum absolute atomic E-state index is 11.1. The summed E-state index contributed by atoms with van der Waals surface area (Å²) in [5, 5.41) is 28.9. The van der Waals surface area contributed by atoms with Gasteiger partial charge in [0.15, 0.2) is 0 Å². The molecule has 0 amide bonds. The second kappa shape index (κ2) is 5.85. The highest BCUT2D eigenvalue weighted by Crippen LogP contribution is 2.26. The lowest BCUT2D eigenvalue weighted by atomic mass is 10.1. The number of carboxylic acid groups (broad SMARTS) is 1. The molecular formula is C12H14N2O6. The van der Waals surface area contributed by atoms with Crippen LogP contribution in [-0.4, -0.2) is 53.5 Å². The van der Waals surface area contributed by atoms with E-state index in [9.17, 15) is 14.9 Å². The highest BCUT2D eigenvalue weighted by molar-refractivity contribution is 5.93. The number of aliphatic hydroxyl groups excluding tert-OH is 1. The zero-order valence-corrected chi connectivity index (χ0v) is 10.6. The number of ether oxygens (including phenoxy) is 1. The fourth-order valence-corrected chi connectivity index (χ4v) is 2.12. The monoisotopic (exact) mass is 282 g/mol. The molecular weight excluding hydrogens is 268 g/mol. The number of nitro benzene ring substituents is 1. The molecule has 1 aromatic carbocycles. The molecule has 0 saturated carbocycles. The lowest BCUT2D eigenvalue weighted by Gasteiger charge is -2.33. The molecule has 2 N–H and O–H groups in total. The first kappa shape index (κ1) is 14.2. The van der Waals surface area contributed by atoms with Gasteiger partial charge >= 0.3 is 5.97 Å². The number of morpholine rings is 1. The van der Waals surface area contributed by atoms with Gasteiger partial charge in [-0.05, 0) is 12.1 Å². The second-order valence-electron chi connectivity index (χ2n) is 4.39. The van der Waals surface area contributed by atoms with E-state index in [4.69, 9.17) is 14.9 Å². The van der Waals surface area contributed by atoms with Gasteiger partial charge in [-0.1, -0.05) is 0 Å². The van der Waals surface area contributed by atoms with Gasteiger partial charge in [0.2, 0.25) is 0 Å². The number of aliphatic hydroxyl groups is 1. The van der Waals surface area contributed by atoms with Crippen molar-refractivity contribution < 1.29 is 24.7 Å². The number of benzene rings is 1. The molecule has 2 rings (SSSR count). The zero-order valence-electron chi connectivity index (χ0n) is 10.6. The zero-order chi connectivity index (χ0) is 14.7. The number of aromatic carboxylic acids is 1. The van der Waals surface area contributed by atoms with Crippen LogP contribution in [0, 0.1) is 10.1 Å². The van der Waals surface area contributed by atoms with Crippen LogP contribution in [0.15, 0.2) is 18.2 Å². The summed E-state index contributed by atoms with van der Waals surface area (Å²) >= 11 is 0. The molecule has 8 nitrogen and oxygen atoms in total. The number of carboxylic acids is 1. The molecule has 0 aliphatic carbocycles. The fourth-order valence-electron chi connectivity index (χ4n) is 2.12. The van der Waals surface area contributed by atoms with E-state index in [0.29, 0.717) is 25.4 Å². The molecule has 0 bridgehead atoms. The Labute approximate surface area is 114 Å². The fraction of sp³-hybridized carbons (Fsp3) is 0.417. The summed E-state index contributed by atoms with van der Waals surface area (Å²) in [5.41, 5.74) is -0.220. The quantitative estimate of drug-likeness (QED) is 0.610. The second-order valence-corrected chi connectivity index (χ2v) is 4.39. The molecule has 1 aliphatic heterocycles. The highest BCUT2D eigenvalue weighted by Gasteiger charge is 2.24. The standard InChI is InChI=1S/C12H14N2O6/c15-7-9-6-13(3-4-20-9)8-1-2-11(14(18)19)10(5-8)12(16)17/h1-2,5,9,15H,3-4,6-7H2,(H,16,17).